The maximum absolute atomic E-state index is 12.5. The average Bonchev–Trinajstić information content (AvgIpc) is 2.86. The number of amides is 2. The number of nitrogens with two attached hydrogens (primary N) is 1. The van der Waals surface area contributed by atoms with Crippen LogP contribution in [0.15, 0.2) is 28.7 Å². The van der Waals surface area contributed by atoms with Crippen molar-refractivity contribution in [1.29, 1.82) is 0 Å². The summed E-state index contributed by atoms with van der Waals surface area (Å²) in [6.07, 6.45) is 0.547. The first-order valence-corrected chi connectivity index (χ1v) is 7.78. The maximum Gasteiger partial charge on any atom is 0.239 e. The molecule has 21 heavy (non-hydrogen) atoms. The van der Waals surface area contributed by atoms with Crippen LogP contribution < -0.4 is 10.6 Å². The van der Waals surface area contributed by atoms with Gasteiger partial charge in [0.15, 0.2) is 0 Å². The monoisotopic (exact) mass is 353 g/mol. The van der Waals surface area contributed by atoms with Gasteiger partial charge in [0.1, 0.15) is 5.92 Å². The molecule has 1 fully saturated rings. The van der Waals surface area contributed by atoms with Gasteiger partial charge in [-0.25, -0.2) is 0 Å². The topological polar surface area (TPSA) is 66.6 Å². The second kappa shape index (κ2) is 6.58. The molecule has 6 heteroatoms. The highest BCUT2D eigenvalue weighted by Crippen LogP contribution is 2.28. The van der Waals surface area contributed by atoms with Crippen LogP contribution in [0.3, 0.4) is 0 Å². The number of carbonyl (C=O) groups excluding carboxylic acids is 2. The largest absolute Gasteiger partial charge is 0.341 e. The van der Waals surface area contributed by atoms with E-state index < -0.39 is 5.92 Å². The molecule has 1 aliphatic rings. The zero-order chi connectivity index (χ0) is 15.6. The average molecular weight is 354 g/mol. The Morgan fingerprint density at radius 3 is 2.90 bits per heavy atom. The molecule has 0 bridgehead atoms. The maximum atomic E-state index is 12.5. The van der Waals surface area contributed by atoms with E-state index in [1.54, 1.807) is 16.8 Å². The minimum Gasteiger partial charge on any atom is -0.341 e. The SMILES string of the molecule is CC(CN)N(C)C(=O)C1CCN(c2cccc(Br)c2)C1=O. The Morgan fingerprint density at radius 2 is 2.29 bits per heavy atom. The summed E-state index contributed by atoms with van der Waals surface area (Å²) in [5, 5.41) is 0. The third-order valence-corrected chi connectivity index (χ3v) is 4.47. The highest BCUT2D eigenvalue weighted by atomic mass is 79.9. The molecular formula is C15H20BrN3O2. The molecule has 0 saturated carbocycles. The number of nitrogens with zero attached hydrogens (tertiary/aromatic N) is 2. The Kier molecular flexibility index (Phi) is 5.00. The Bertz CT molecular complexity index is 549. The van der Waals surface area contributed by atoms with E-state index in [1.807, 2.05) is 31.2 Å². The van der Waals surface area contributed by atoms with Gasteiger partial charge in [0.2, 0.25) is 11.8 Å². The van der Waals surface area contributed by atoms with Gasteiger partial charge in [-0.2, -0.15) is 0 Å². The Labute approximate surface area is 133 Å². The van der Waals surface area contributed by atoms with Gasteiger partial charge in [0.25, 0.3) is 0 Å². The third-order valence-electron chi connectivity index (χ3n) is 3.97. The molecule has 2 amide bonds. The van der Waals surface area contributed by atoms with E-state index in [1.165, 1.54) is 0 Å². The number of benzene rings is 1. The number of hydrogen-bond donors (Lipinski definition) is 1. The van der Waals surface area contributed by atoms with E-state index in [0.29, 0.717) is 19.5 Å². The van der Waals surface area contributed by atoms with Gasteiger partial charge in [-0.15, -0.1) is 0 Å². The number of likely N-dealkylation sites (N-methyl/N-ethyl adjacent to an activating group) is 1. The van der Waals surface area contributed by atoms with Gasteiger partial charge in [-0.1, -0.05) is 22.0 Å². The molecule has 0 spiro atoms. The third kappa shape index (κ3) is 3.27. The highest BCUT2D eigenvalue weighted by molar-refractivity contribution is 9.10. The van der Waals surface area contributed by atoms with Crippen molar-refractivity contribution in [3.63, 3.8) is 0 Å². The van der Waals surface area contributed by atoms with Crippen molar-refractivity contribution in [2.75, 3.05) is 25.0 Å². The summed E-state index contributed by atoms with van der Waals surface area (Å²) in [6.45, 7) is 2.83. The predicted molar refractivity (Wildman–Crippen MR) is 85.9 cm³/mol. The van der Waals surface area contributed by atoms with Crippen LogP contribution in [0.2, 0.25) is 0 Å². The summed E-state index contributed by atoms with van der Waals surface area (Å²) in [7, 11) is 1.70. The van der Waals surface area contributed by atoms with Crippen molar-refractivity contribution < 1.29 is 9.59 Å². The molecule has 1 heterocycles. The Hall–Kier alpha value is -1.40. The molecule has 1 saturated heterocycles. The number of anilines is 1. The van der Waals surface area contributed by atoms with Crippen LogP contribution in [-0.2, 0) is 9.59 Å². The van der Waals surface area contributed by atoms with Crippen LogP contribution in [0.1, 0.15) is 13.3 Å². The smallest absolute Gasteiger partial charge is 0.239 e. The molecule has 0 aliphatic carbocycles. The second-order valence-corrected chi connectivity index (χ2v) is 6.26. The van der Waals surface area contributed by atoms with Crippen LogP contribution in [0, 0.1) is 5.92 Å². The van der Waals surface area contributed by atoms with Crippen LogP contribution in [0.25, 0.3) is 0 Å². The second-order valence-electron chi connectivity index (χ2n) is 5.34. The first-order chi connectivity index (χ1) is 9.95. The van der Waals surface area contributed by atoms with E-state index in [4.69, 9.17) is 5.73 Å². The molecule has 2 atom stereocenters. The lowest BCUT2D eigenvalue weighted by atomic mass is 10.1. The van der Waals surface area contributed by atoms with Crippen molar-refractivity contribution in [3.8, 4) is 0 Å². The molecule has 0 radical (unpaired) electrons. The molecule has 1 aromatic rings. The molecule has 1 aromatic carbocycles. The normalized spacial score (nSPS) is 19.7. The first-order valence-electron chi connectivity index (χ1n) is 6.99. The summed E-state index contributed by atoms with van der Waals surface area (Å²) in [6, 6.07) is 7.48. The molecule has 0 aromatic heterocycles. The first kappa shape index (κ1) is 16.0. The van der Waals surface area contributed by atoms with Gasteiger partial charge in [-0.05, 0) is 31.5 Å². The molecular weight excluding hydrogens is 334 g/mol. The van der Waals surface area contributed by atoms with Crippen molar-refractivity contribution in [1.82, 2.24) is 4.90 Å². The van der Waals surface area contributed by atoms with Gasteiger partial charge in [-0.3, -0.25) is 9.59 Å². The van der Waals surface area contributed by atoms with Crippen LogP contribution in [0.4, 0.5) is 5.69 Å². The van der Waals surface area contributed by atoms with Crippen molar-refractivity contribution in [3.05, 3.63) is 28.7 Å². The van der Waals surface area contributed by atoms with E-state index in [9.17, 15) is 9.59 Å². The molecule has 1 aliphatic heterocycles. The van der Waals surface area contributed by atoms with Crippen molar-refractivity contribution in [2.24, 2.45) is 11.7 Å². The Balaban J connectivity index is 2.13. The van der Waals surface area contributed by atoms with E-state index >= 15 is 0 Å². The fourth-order valence-electron chi connectivity index (χ4n) is 2.43. The minimum atomic E-state index is -0.594. The molecule has 5 nitrogen and oxygen atoms in total. The van der Waals surface area contributed by atoms with Gasteiger partial charge >= 0.3 is 0 Å². The van der Waals surface area contributed by atoms with Gasteiger partial charge in [0.05, 0.1) is 0 Å². The molecule has 114 valence electrons. The zero-order valence-electron chi connectivity index (χ0n) is 12.3. The van der Waals surface area contributed by atoms with Crippen LogP contribution >= 0.6 is 15.9 Å². The molecule has 2 rings (SSSR count). The fraction of sp³-hybridized carbons (Fsp3) is 0.467. The number of carbonyl (C=O) groups is 2. The van der Waals surface area contributed by atoms with Crippen LogP contribution in [-0.4, -0.2) is 42.9 Å². The number of halogens is 1. The Morgan fingerprint density at radius 1 is 1.57 bits per heavy atom. The minimum absolute atomic E-state index is 0.0646. The fourth-order valence-corrected chi connectivity index (χ4v) is 2.82. The van der Waals surface area contributed by atoms with E-state index in [-0.39, 0.29) is 17.9 Å². The van der Waals surface area contributed by atoms with Crippen LogP contribution in [0.5, 0.6) is 0 Å². The summed E-state index contributed by atoms with van der Waals surface area (Å²) in [5.74, 6) is -0.868. The summed E-state index contributed by atoms with van der Waals surface area (Å²) < 4.78 is 0.913. The lowest BCUT2D eigenvalue weighted by Gasteiger charge is -2.26. The van der Waals surface area contributed by atoms with Crippen molar-refractivity contribution >= 4 is 33.4 Å². The highest BCUT2D eigenvalue weighted by Gasteiger charge is 2.39. The lowest BCUT2D eigenvalue weighted by molar-refractivity contribution is -0.140. The lowest BCUT2D eigenvalue weighted by Crippen LogP contribution is -2.44. The summed E-state index contributed by atoms with van der Waals surface area (Å²) in [5.41, 5.74) is 6.40. The predicted octanol–water partition coefficient (Wildman–Crippen LogP) is 1.61. The van der Waals surface area contributed by atoms with Gasteiger partial charge < -0.3 is 15.5 Å². The summed E-state index contributed by atoms with van der Waals surface area (Å²) in [4.78, 5) is 28.2. The molecule has 2 N–H and O–H groups in total. The van der Waals surface area contributed by atoms with Crippen molar-refractivity contribution in [2.45, 2.75) is 19.4 Å². The quantitative estimate of drug-likeness (QED) is 0.836. The summed E-state index contributed by atoms with van der Waals surface area (Å²) >= 11 is 3.40. The molecule has 2 unspecified atom stereocenters. The zero-order valence-corrected chi connectivity index (χ0v) is 13.8. The number of hydrogen-bond acceptors (Lipinski definition) is 3. The van der Waals surface area contributed by atoms with E-state index in [2.05, 4.69) is 15.9 Å². The van der Waals surface area contributed by atoms with E-state index in [0.717, 1.165) is 10.2 Å². The standard InChI is InChI=1S/C15H20BrN3O2/c1-10(9-17)18(2)14(20)13-6-7-19(15(13)21)12-5-3-4-11(16)8-12/h3-5,8,10,13H,6-7,9,17H2,1-2H3. The number of rotatable bonds is 4. The van der Waals surface area contributed by atoms with Gasteiger partial charge in [0, 0.05) is 36.3 Å².